The summed E-state index contributed by atoms with van der Waals surface area (Å²) in [5.41, 5.74) is -0.747. The Hall–Kier alpha value is -2.41. The van der Waals surface area contributed by atoms with E-state index in [1.165, 1.54) is 6.92 Å². The van der Waals surface area contributed by atoms with Crippen molar-refractivity contribution in [1.82, 2.24) is 5.32 Å². The summed E-state index contributed by atoms with van der Waals surface area (Å²) in [5, 5.41) is 11.8. The molecule has 1 fully saturated rings. The normalized spacial score (nSPS) is 19.7. The van der Waals surface area contributed by atoms with Crippen molar-refractivity contribution in [3.8, 4) is 5.75 Å². The van der Waals surface area contributed by atoms with E-state index in [-0.39, 0.29) is 31.1 Å². The third-order valence-corrected chi connectivity index (χ3v) is 3.87. The lowest BCUT2D eigenvalue weighted by atomic mass is 9.99. The van der Waals surface area contributed by atoms with Crippen LogP contribution in [0.3, 0.4) is 0 Å². The highest BCUT2D eigenvalue weighted by Crippen LogP contribution is 2.19. The molecule has 1 aliphatic heterocycles. The smallest absolute Gasteiger partial charge is 0.331 e. The summed E-state index contributed by atoms with van der Waals surface area (Å²) in [5.74, 6) is -0.901. The first-order valence-electron chi connectivity index (χ1n) is 7.79. The molecule has 1 amide bonds. The monoisotopic (exact) mass is 335 g/mol. The number of ketones is 1. The maximum Gasteiger partial charge on any atom is 0.331 e. The number of carboxylic acids is 1. The Morgan fingerprint density at radius 2 is 2.17 bits per heavy atom. The highest BCUT2D eigenvalue weighted by atomic mass is 16.5. The zero-order valence-electron chi connectivity index (χ0n) is 13.5. The van der Waals surface area contributed by atoms with Crippen LogP contribution >= 0.6 is 0 Å². The number of rotatable bonds is 8. The van der Waals surface area contributed by atoms with E-state index in [1.54, 1.807) is 24.3 Å². The molecular weight excluding hydrogens is 314 g/mol. The number of carbonyl (C=O) groups is 3. The highest BCUT2D eigenvalue weighted by molar-refractivity contribution is 5.94. The Morgan fingerprint density at radius 1 is 1.38 bits per heavy atom. The Kier molecular flexibility index (Phi) is 5.92. The van der Waals surface area contributed by atoms with E-state index in [0.717, 1.165) is 0 Å². The molecule has 130 valence electrons. The number of ether oxygens (including phenoxy) is 2. The van der Waals surface area contributed by atoms with Crippen LogP contribution in [0.15, 0.2) is 24.3 Å². The number of aliphatic carboxylic acids is 1. The number of benzene rings is 1. The zero-order chi connectivity index (χ0) is 17.6. The maximum atomic E-state index is 11.9. The van der Waals surface area contributed by atoms with E-state index in [0.29, 0.717) is 30.9 Å². The van der Waals surface area contributed by atoms with Gasteiger partial charge in [-0.25, -0.2) is 4.79 Å². The lowest BCUT2D eigenvalue weighted by Gasteiger charge is -2.23. The summed E-state index contributed by atoms with van der Waals surface area (Å²) >= 11 is 0. The van der Waals surface area contributed by atoms with Crippen molar-refractivity contribution in [3.63, 3.8) is 0 Å². The molecule has 1 saturated heterocycles. The Balaban J connectivity index is 1.76. The fourth-order valence-corrected chi connectivity index (χ4v) is 2.44. The number of hydrogen-bond acceptors (Lipinski definition) is 5. The van der Waals surface area contributed by atoms with Gasteiger partial charge in [0.25, 0.3) is 0 Å². The number of carboxylic acid groups (broad SMARTS) is 1. The van der Waals surface area contributed by atoms with Gasteiger partial charge in [-0.1, -0.05) is 12.1 Å². The molecule has 0 radical (unpaired) electrons. The van der Waals surface area contributed by atoms with Gasteiger partial charge in [-0.05, 0) is 25.5 Å². The fraction of sp³-hybridized carbons (Fsp3) is 0.471. The summed E-state index contributed by atoms with van der Waals surface area (Å²) in [6.45, 7) is 2.09. The van der Waals surface area contributed by atoms with Crippen molar-refractivity contribution in [3.05, 3.63) is 29.8 Å². The molecular formula is C17H21NO6. The van der Waals surface area contributed by atoms with Gasteiger partial charge in [-0.15, -0.1) is 0 Å². The first-order chi connectivity index (χ1) is 11.4. The van der Waals surface area contributed by atoms with Crippen molar-refractivity contribution in [2.45, 2.75) is 31.7 Å². The van der Waals surface area contributed by atoms with Gasteiger partial charge in [-0.2, -0.15) is 0 Å². The van der Waals surface area contributed by atoms with Crippen molar-refractivity contribution in [1.29, 1.82) is 0 Å². The molecule has 2 N–H and O–H groups in total. The molecule has 24 heavy (non-hydrogen) atoms. The van der Waals surface area contributed by atoms with Crippen LogP contribution in [0.1, 0.15) is 36.5 Å². The van der Waals surface area contributed by atoms with Gasteiger partial charge in [-0.3, -0.25) is 9.59 Å². The van der Waals surface area contributed by atoms with Crippen molar-refractivity contribution >= 4 is 17.7 Å². The molecule has 1 unspecified atom stereocenters. The minimum absolute atomic E-state index is 0.0115. The van der Waals surface area contributed by atoms with Crippen LogP contribution in [-0.2, 0) is 14.3 Å². The fourth-order valence-electron chi connectivity index (χ4n) is 2.44. The van der Waals surface area contributed by atoms with Gasteiger partial charge in [0, 0.05) is 25.0 Å². The van der Waals surface area contributed by atoms with Crippen LogP contribution in [0.25, 0.3) is 0 Å². The summed E-state index contributed by atoms with van der Waals surface area (Å²) in [4.78, 5) is 34.5. The molecule has 1 heterocycles. The third kappa shape index (κ3) is 4.55. The van der Waals surface area contributed by atoms with Gasteiger partial charge >= 0.3 is 5.97 Å². The van der Waals surface area contributed by atoms with E-state index in [1.807, 2.05) is 0 Å². The molecule has 0 bridgehead atoms. The Labute approximate surface area is 139 Å². The van der Waals surface area contributed by atoms with Crippen LogP contribution in [0.5, 0.6) is 5.75 Å². The quantitative estimate of drug-likeness (QED) is 0.550. The first-order valence-corrected chi connectivity index (χ1v) is 7.79. The molecule has 7 nitrogen and oxygen atoms in total. The van der Waals surface area contributed by atoms with Crippen LogP contribution in [-0.4, -0.2) is 48.1 Å². The van der Waals surface area contributed by atoms with E-state index in [2.05, 4.69) is 5.32 Å². The van der Waals surface area contributed by atoms with Gasteiger partial charge < -0.3 is 19.9 Å². The predicted octanol–water partition coefficient (Wildman–Crippen LogP) is 1.41. The predicted molar refractivity (Wildman–Crippen MR) is 85.1 cm³/mol. The molecule has 0 spiro atoms. The minimum Gasteiger partial charge on any atom is -0.494 e. The third-order valence-electron chi connectivity index (χ3n) is 3.87. The second-order valence-corrected chi connectivity index (χ2v) is 5.77. The lowest BCUT2D eigenvalue weighted by molar-refractivity contribution is -0.147. The Morgan fingerprint density at radius 3 is 2.79 bits per heavy atom. The first kappa shape index (κ1) is 17.9. The maximum absolute atomic E-state index is 11.9. The summed E-state index contributed by atoms with van der Waals surface area (Å²) < 4.78 is 10.6. The van der Waals surface area contributed by atoms with Gasteiger partial charge in [0.2, 0.25) is 5.91 Å². The molecule has 1 aromatic rings. The number of carbonyl (C=O) groups excluding carboxylic acids is 2. The van der Waals surface area contributed by atoms with E-state index < -0.39 is 11.5 Å². The molecule has 1 atom stereocenters. The van der Waals surface area contributed by atoms with Crippen LogP contribution in [0.4, 0.5) is 0 Å². The summed E-state index contributed by atoms with van der Waals surface area (Å²) in [6, 6.07) is 6.83. The average Bonchev–Trinajstić information content (AvgIpc) is 3.01. The molecule has 0 aromatic heterocycles. The number of nitrogens with one attached hydrogen (secondary N) is 1. The van der Waals surface area contributed by atoms with Gasteiger partial charge in [0.15, 0.2) is 11.3 Å². The summed E-state index contributed by atoms with van der Waals surface area (Å²) in [6.07, 6.45) is 0.858. The van der Waals surface area contributed by atoms with E-state index in [4.69, 9.17) is 9.47 Å². The zero-order valence-corrected chi connectivity index (χ0v) is 13.5. The van der Waals surface area contributed by atoms with Crippen molar-refractivity contribution in [2.24, 2.45) is 0 Å². The second-order valence-electron chi connectivity index (χ2n) is 5.77. The largest absolute Gasteiger partial charge is 0.494 e. The lowest BCUT2D eigenvalue weighted by Crippen LogP contribution is -2.55. The topological polar surface area (TPSA) is 102 Å². The molecule has 1 aliphatic rings. The van der Waals surface area contributed by atoms with Crippen molar-refractivity contribution in [2.75, 3.05) is 19.8 Å². The molecule has 1 aromatic carbocycles. The molecule has 2 rings (SSSR count). The number of amides is 1. The van der Waals surface area contributed by atoms with Gasteiger partial charge in [0.1, 0.15) is 5.75 Å². The molecule has 0 saturated carbocycles. The Bertz CT molecular complexity index is 621. The standard InChI is InChI=1S/C17H21NO6/c1-12(19)13-4-2-5-14(10-13)24-8-3-6-15(20)18-17(16(21)22)7-9-23-11-17/h2,4-5,10H,3,6-9,11H2,1H3,(H,18,20)(H,21,22). The molecule has 7 heteroatoms. The number of Topliss-reactive ketones (excluding diaryl/α,β-unsaturated/α-hetero) is 1. The van der Waals surface area contributed by atoms with Crippen molar-refractivity contribution < 1.29 is 29.0 Å². The highest BCUT2D eigenvalue weighted by Gasteiger charge is 2.43. The van der Waals surface area contributed by atoms with Crippen LogP contribution in [0.2, 0.25) is 0 Å². The summed E-state index contributed by atoms with van der Waals surface area (Å²) in [7, 11) is 0. The van der Waals surface area contributed by atoms with Crippen LogP contribution < -0.4 is 10.1 Å². The number of hydrogen-bond donors (Lipinski definition) is 2. The van der Waals surface area contributed by atoms with Crippen LogP contribution in [0, 0.1) is 0 Å². The minimum atomic E-state index is -1.31. The van der Waals surface area contributed by atoms with Gasteiger partial charge in [0.05, 0.1) is 13.2 Å². The molecule has 0 aliphatic carbocycles. The average molecular weight is 335 g/mol. The van der Waals surface area contributed by atoms with E-state index >= 15 is 0 Å². The second kappa shape index (κ2) is 7.92. The SMILES string of the molecule is CC(=O)c1cccc(OCCCC(=O)NC2(C(=O)O)CCOC2)c1. The van der Waals surface area contributed by atoms with E-state index in [9.17, 15) is 19.5 Å².